The van der Waals surface area contributed by atoms with Gasteiger partial charge in [-0.15, -0.1) is 0 Å². The van der Waals surface area contributed by atoms with E-state index in [0.717, 1.165) is 0 Å². The molecular formula is C5H4O3Zn. The smallest absolute Gasteiger partial charge is 0.378 e. The molecule has 1 aromatic heterocycles. The van der Waals surface area contributed by atoms with Crippen molar-refractivity contribution in [3.05, 3.63) is 28.8 Å². The standard InChI is InChI=1S/C5H4O3.Zn/c6-4-2-1-3-8-5(4)7;/h1-3,6H;. The molecule has 0 saturated heterocycles. The monoisotopic (exact) mass is 176 g/mol. The number of hydrogen-bond donors (Lipinski definition) is 1. The Hall–Kier alpha value is -0.627. The molecule has 0 fully saturated rings. The van der Waals surface area contributed by atoms with Gasteiger partial charge in [-0.05, 0) is 12.1 Å². The molecule has 0 radical (unpaired) electrons. The predicted molar refractivity (Wildman–Crippen MR) is 26.6 cm³/mol. The summed E-state index contributed by atoms with van der Waals surface area (Å²) >= 11 is 0. The van der Waals surface area contributed by atoms with Gasteiger partial charge in [-0.1, -0.05) is 0 Å². The Morgan fingerprint density at radius 3 is 2.56 bits per heavy atom. The van der Waals surface area contributed by atoms with Gasteiger partial charge < -0.3 is 9.52 Å². The van der Waals surface area contributed by atoms with Gasteiger partial charge in [0.25, 0.3) is 0 Å². The van der Waals surface area contributed by atoms with E-state index in [-0.39, 0.29) is 25.2 Å². The maximum Gasteiger partial charge on any atom is 0.378 e. The summed E-state index contributed by atoms with van der Waals surface area (Å²) in [6.45, 7) is 0. The molecule has 4 heteroatoms. The van der Waals surface area contributed by atoms with Gasteiger partial charge in [0.15, 0.2) is 0 Å². The molecule has 0 atom stereocenters. The summed E-state index contributed by atoms with van der Waals surface area (Å²) in [7, 11) is 0. The van der Waals surface area contributed by atoms with Crippen LogP contribution >= 0.6 is 0 Å². The first-order valence-electron chi connectivity index (χ1n) is 2.07. The third-order valence-electron chi connectivity index (χ3n) is 0.717. The predicted octanol–water partition coefficient (Wildman–Crippen LogP) is 0.343. The molecular weight excluding hydrogens is 173 g/mol. The molecule has 0 aromatic carbocycles. The van der Waals surface area contributed by atoms with E-state index in [9.17, 15) is 4.79 Å². The third-order valence-corrected chi connectivity index (χ3v) is 0.717. The number of aromatic hydroxyl groups is 1. The van der Waals surface area contributed by atoms with Gasteiger partial charge in [-0.3, -0.25) is 0 Å². The fraction of sp³-hybridized carbons (Fsp3) is 0. The van der Waals surface area contributed by atoms with Crippen LogP contribution < -0.4 is 5.63 Å². The fourth-order valence-corrected chi connectivity index (χ4v) is 0.360. The summed E-state index contributed by atoms with van der Waals surface area (Å²) < 4.78 is 4.25. The van der Waals surface area contributed by atoms with Crippen LogP contribution in [0.1, 0.15) is 0 Å². The van der Waals surface area contributed by atoms with Crippen molar-refractivity contribution in [2.24, 2.45) is 0 Å². The molecule has 0 aliphatic rings. The van der Waals surface area contributed by atoms with E-state index in [2.05, 4.69) is 4.42 Å². The van der Waals surface area contributed by atoms with Gasteiger partial charge in [0, 0.05) is 19.5 Å². The molecule has 9 heavy (non-hydrogen) atoms. The molecule has 0 saturated carbocycles. The van der Waals surface area contributed by atoms with Gasteiger partial charge >= 0.3 is 5.63 Å². The second-order valence-corrected chi connectivity index (χ2v) is 1.29. The van der Waals surface area contributed by atoms with Gasteiger partial charge in [-0.2, -0.15) is 0 Å². The van der Waals surface area contributed by atoms with Crippen LogP contribution in [0.2, 0.25) is 0 Å². The van der Waals surface area contributed by atoms with Crippen LogP contribution in [0.5, 0.6) is 5.75 Å². The third kappa shape index (κ3) is 1.98. The normalized spacial score (nSPS) is 8.00. The Bertz CT molecular complexity index is 230. The van der Waals surface area contributed by atoms with E-state index >= 15 is 0 Å². The summed E-state index contributed by atoms with van der Waals surface area (Å²) in [5.74, 6) is -0.354. The molecule has 1 rings (SSSR count). The van der Waals surface area contributed by atoms with Gasteiger partial charge in [0.2, 0.25) is 5.75 Å². The maximum absolute atomic E-state index is 10.2. The van der Waals surface area contributed by atoms with Crippen molar-refractivity contribution in [3.8, 4) is 5.75 Å². The Morgan fingerprint density at radius 2 is 2.22 bits per heavy atom. The summed E-state index contributed by atoms with van der Waals surface area (Å²) in [5.41, 5.74) is -0.701. The first-order valence-corrected chi connectivity index (χ1v) is 2.07. The number of hydrogen-bond acceptors (Lipinski definition) is 3. The molecule has 0 amide bonds. The summed E-state index contributed by atoms with van der Waals surface area (Å²) in [6, 6.07) is 2.71. The topological polar surface area (TPSA) is 50.4 Å². The molecule has 1 heterocycles. The Morgan fingerprint density at radius 1 is 1.56 bits per heavy atom. The van der Waals surface area contributed by atoms with Gasteiger partial charge in [-0.25, -0.2) is 4.79 Å². The zero-order chi connectivity index (χ0) is 5.98. The quantitative estimate of drug-likeness (QED) is 0.582. The first-order chi connectivity index (χ1) is 3.80. The minimum atomic E-state index is -0.701. The second kappa shape index (κ2) is 3.41. The largest absolute Gasteiger partial charge is 0.502 e. The van der Waals surface area contributed by atoms with Gasteiger partial charge in [0.05, 0.1) is 6.26 Å². The zero-order valence-electron chi connectivity index (χ0n) is 4.70. The fourth-order valence-electron chi connectivity index (χ4n) is 0.360. The Balaban J connectivity index is 0.000000640. The minimum absolute atomic E-state index is 0. The van der Waals surface area contributed by atoms with Crippen molar-refractivity contribution in [1.82, 2.24) is 0 Å². The van der Waals surface area contributed by atoms with Crippen LogP contribution in [0.4, 0.5) is 0 Å². The van der Waals surface area contributed by atoms with Crippen molar-refractivity contribution in [2.45, 2.75) is 0 Å². The Kier molecular flexibility index (Phi) is 3.17. The molecule has 0 bridgehead atoms. The van der Waals surface area contributed by atoms with E-state index in [1.807, 2.05) is 0 Å². The average molecular weight is 177 g/mol. The molecule has 44 valence electrons. The van der Waals surface area contributed by atoms with E-state index < -0.39 is 5.63 Å². The minimum Gasteiger partial charge on any atom is -0.502 e. The number of rotatable bonds is 0. The molecule has 1 N–H and O–H groups in total. The second-order valence-electron chi connectivity index (χ2n) is 1.29. The summed E-state index contributed by atoms with van der Waals surface area (Å²) in [5, 5.41) is 8.51. The van der Waals surface area contributed by atoms with Crippen molar-refractivity contribution in [1.29, 1.82) is 0 Å². The van der Waals surface area contributed by atoms with Crippen LogP contribution in [0, 0.1) is 0 Å². The van der Waals surface area contributed by atoms with Crippen molar-refractivity contribution in [3.63, 3.8) is 0 Å². The van der Waals surface area contributed by atoms with E-state index in [4.69, 9.17) is 5.11 Å². The van der Waals surface area contributed by atoms with Crippen LogP contribution in [-0.4, -0.2) is 5.11 Å². The van der Waals surface area contributed by atoms with E-state index in [1.54, 1.807) is 0 Å². The zero-order valence-corrected chi connectivity index (χ0v) is 7.67. The molecule has 0 aliphatic heterocycles. The average Bonchev–Trinajstić information content (AvgIpc) is 1.77. The van der Waals surface area contributed by atoms with Crippen molar-refractivity contribution in [2.75, 3.05) is 0 Å². The van der Waals surface area contributed by atoms with Crippen LogP contribution in [0.3, 0.4) is 0 Å². The van der Waals surface area contributed by atoms with Crippen LogP contribution in [-0.2, 0) is 19.5 Å². The summed E-state index contributed by atoms with van der Waals surface area (Å²) in [4.78, 5) is 10.2. The first kappa shape index (κ1) is 8.37. The van der Waals surface area contributed by atoms with E-state index in [1.165, 1.54) is 18.4 Å². The molecule has 1 aromatic rings. The Labute approximate surface area is 64.1 Å². The van der Waals surface area contributed by atoms with Crippen molar-refractivity contribution >= 4 is 0 Å². The molecule has 3 nitrogen and oxygen atoms in total. The van der Waals surface area contributed by atoms with Crippen molar-refractivity contribution < 1.29 is 29.0 Å². The van der Waals surface area contributed by atoms with Crippen LogP contribution in [0.25, 0.3) is 0 Å². The summed E-state index contributed by atoms with van der Waals surface area (Å²) in [6.07, 6.45) is 1.21. The van der Waals surface area contributed by atoms with E-state index in [0.29, 0.717) is 0 Å². The van der Waals surface area contributed by atoms with Gasteiger partial charge in [0.1, 0.15) is 0 Å². The molecule has 0 unspecified atom stereocenters. The van der Waals surface area contributed by atoms with Crippen LogP contribution in [0.15, 0.2) is 27.6 Å². The molecule has 0 spiro atoms. The SMILES string of the molecule is O=c1occcc1O.[Zn]. The maximum atomic E-state index is 10.2. The molecule has 0 aliphatic carbocycles.